The van der Waals surface area contributed by atoms with Gasteiger partial charge in [-0.25, -0.2) is 0 Å². The maximum atomic E-state index is 11.6. The van der Waals surface area contributed by atoms with Crippen LogP contribution in [-0.2, 0) is 4.74 Å². The number of rotatable bonds is 5. The number of nitrogens with one attached hydrogen (secondary N) is 1. The summed E-state index contributed by atoms with van der Waals surface area (Å²) in [5.41, 5.74) is 1.40. The number of hydrogen-bond donors (Lipinski definition) is 1. The molecule has 0 aliphatic carbocycles. The van der Waals surface area contributed by atoms with E-state index in [1.807, 2.05) is 0 Å². The number of carbonyl (C=O) groups is 1. The van der Waals surface area contributed by atoms with E-state index < -0.39 is 0 Å². The standard InChI is InChI=1S/C13H15NO2/c1-3-11-5-7-12(8-6-11)13(15)14-9-4-10-16-2/h1,5-8H,4,9-10H2,2H3,(H,14,15). The van der Waals surface area contributed by atoms with Crippen molar-refractivity contribution in [2.45, 2.75) is 6.42 Å². The Morgan fingerprint density at radius 1 is 1.44 bits per heavy atom. The Morgan fingerprint density at radius 3 is 2.69 bits per heavy atom. The van der Waals surface area contributed by atoms with Gasteiger partial charge in [-0.2, -0.15) is 0 Å². The second-order valence-corrected chi connectivity index (χ2v) is 3.32. The number of hydrogen-bond acceptors (Lipinski definition) is 2. The van der Waals surface area contributed by atoms with Crippen molar-refractivity contribution in [2.75, 3.05) is 20.3 Å². The third-order valence-electron chi connectivity index (χ3n) is 2.12. The molecule has 0 saturated carbocycles. The Kier molecular flexibility index (Phi) is 5.10. The monoisotopic (exact) mass is 217 g/mol. The predicted molar refractivity (Wildman–Crippen MR) is 63.2 cm³/mol. The van der Waals surface area contributed by atoms with Crippen LogP contribution >= 0.6 is 0 Å². The molecule has 1 aromatic carbocycles. The van der Waals surface area contributed by atoms with Crippen LogP contribution in [0.25, 0.3) is 0 Å². The van der Waals surface area contributed by atoms with Gasteiger partial charge in [0.1, 0.15) is 0 Å². The summed E-state index contributed by atoms with van der Waals surface area (Å²) in [6.45, 7) is 1.26. The Balaban J connectivity index is 2.44. The first kappa shape index (κ1) is 12.3. The lowest BCUT2D eigenvalue weighted by molar-refractivity contribution is 0.0948. The quantitative estimate of drug-likeness (QED) is 0.598. The van der Waals surface area contributed by atoms with Gasteiger partial charge in [0, 0.05) is 31.4 Å². The predicted octanol–water partition coefficient (Wildman–Crippen LogP) is 1.43. The van der Waals surface area contributed by atoms with Crippen molar-refractivity contribution in [2.24, 2.45) is 0 Å². The van der Waals surface area contributed by atoms with Crippen molar-refractivity contribution in [3.63, 3.8) is 0 Å². The minimum atomic E-state index is -0.0836. The summed E-state index contributed by atoms with van der Waals surface area (Å²) in [4.78, 5) is 11.6. The first-order valence-corrected chi connectivity index (χ1v) is 5.11. The summed E-state index contributed by atoms with van der Waals surface area (Å²) in [6, 6.07) is 6.95. The highest BCUT2D eigenvalue weighted by Crippen LogP contribution is 2.02. The first-order valence-electron chi connectivity index (χ1n) is 5.11. The molecule has 1 aromatic rings. The zero-order chi connectivity index (χ0) is 11.8. The molecule has 0 radical (unpaired) electrons. The minimum Gasteiger partial charge on any atom is -0.385 e. The third-order valence-corrected chi connectivity index (χ3v) is 2.12. The van der Waals surface area contributed by atoms with Gasteiger partial charge in [-0.1, -0.05) is 5.92 Å². The van der Waals surface area contributed by atoms with Crippen molar-refractivity contribution in [1.82, 2.24) is 5.32 Å². The molecule has 16 heavy (non-hydrogen) atoms. The normalized spacial score (nSPS) is 9.50. The molecule has 3 nitrogen and oxygen atoms in total. The molecule has 0 aromatic heterocycles. The second-order valence-electron chi connectivity index (χ2n) is 3.32. The van der Waals surface area contributed by atoms with Crippen LogP contribution in [0.15, 0.2) is 24.3 Å². The molecular weight excluding hydrogens is 202 g/mol. The van der Waals surface area contributed by atoms with Crippen molar-refractivity contribution in [1.29, 1.82) is 0 Å². The van der Waals surface area contributed by atoms with Crippen molar-refractivity contribution in [3.05, 3.63) is 35.4 Å². The average molecular weight is 217 g/mol. The van der Waals surface area contributed by atoms with E-state index in [2.05, 4.69) is 11.2 Å². The van der Waals surface area contributed by atoms with E-state index in [-0.39, 0.29) is 5.91 Å². The molecule has 0 aliphatic rings. The number of amides is 1. The van der Waals surface area contributed by atoms with Crippen molar-refractivity contribution < 1.29 is 9.53 Å². The largest absolute Gasteiger partial charge is 0.385 e. The molecule has 0 saturated heterocycles. The number of carbonyl (C=O) groups excluding carboxylic acids is 1. The zero-order valence-corrected chi connectivity index (χ0v) is 9.32. The summed E-state index contributed by atoms with van der Waals surface area (Å²) < 4.78 is 4.89. The minimum absolute atomic E-state index is 0.0836. The van der Waals surface area contributed by atoms with E-state index in [4.69, 9.17) is 11.2 Å². The van der Waals surface area contributed by atoms with Crippen LogP contribution < -0.4 is 5.32 Å². The lowest BCUT2D eigenvalue weighted by Gasteiger charge is -2.04. The Labute approximate surface area is 95.8 Å². The lowest BCUT2D eigenvalue weighted by atomic mass is 10.1. The molecule has 3 heteroatoms. The fraction of sp³-hybridized carbons (Fsp3) is 0.308. The topological polar surface area (TPSA) is 38.3 Å². The molecule has 0 fully saturated rings. The summed E-state index contributed by atoms with van der Waals surface area (Å²) in [5.74, 6) is 2.42. The Bertz CT molecular complexity index is 376. The van der Waals surface area contributed by atoms with E-state index in [1.165, 1.54) is 0 Å². The van der Waals surface area contributed by atoms with Gasteiger partial charge in [-0.3, -0.25) is 4.79 Å². The second kappa shape index (κ2) is 6.65. The van der Waals surface area contributed by atoms with Crippen LogP contribution in [0.3, 0.4) is 0 Å². The van der Waals surface area contributed by atoms with Gasteiger partial charge in [0.2, 0.25) is 0 Å². The summed E-state index contributed by atoms with van der Waals surface area (Å²) in [7, 11) is 1.64. The van der Waals surface area contributed by atoms with Gasteiger partial charge in [-0.15, -0.1) is 6.42 Å². The van der Waals surface area contributed by atoms with Crippen LogP contribution in [0.4, 0.5) is 0 Å². The zero-order valence-electron chi connectivity index (χ0n) is 9.32. The molecule has 0 atom stereocenters. The van der Waals surface area contributed by atoms with Crippen molar-refractivity contribution in [3.8, 4) is 12.3 Å². The molecule has 1 amide bonds. The molecule has 0 aliphatic heterocycles. The first-order chi connectivity index (χ1) is 7.77. The van der Waals surface area contributed by atoms with E-state index >= 15 is 0 Å². The van der Waals surface area contributed by atoms with Gasteiger partial charge in [-0.05, 0) is 30.7 Å². The number of benzene rings is 1. The third kappa shape index (κ3) is 3.76. The highest BCUT2D eigenvalue weighted by atomic mass is 16.5. The smallest absolute Gasteiger partial charge is 0.251 e. The summed E-state index contributed by atoms with van der Waals surface area (Å²) >= 11 is 0. The molecule has 0 unspecified atom stereocenters. The molecule has 84 valence electrons. The van der Waals surface area contributed by atoms with Crippen LogP contribution in [0.2, 0.25) is 0 Å². The Hall–Kier alpha value is -1.79. The lowest BCUT2D eigenvalue weighted by Crippen LogP contribution is -2.25. The van der Waals surface area contributed by atoms with Crippen LogP contribution in [0, 0.1) is 12.3 Å². The van der Waals surface area contributed by atoms with Gasteiger partial charge >= 0.3 is 0 Å². The maximum Gasteiger partial charge on any atom is 0.251 e. The van der Waals surface area contributed by atoms with E-state index in [0.29, 0.717) is 18.7 Å². The molecule has 0 spiro atoms. The number of methoxy groups -OCH3 is 1. The summed E-state index contributed by atoms with van der Waals surface area (Å²) in [6.07, 6.45) is 6.04. The van der Waals surface area contributed by atoms with E-state index in [9.17, 15) is 4.79 Å². The average Bonchev–Trinajstić information content (AvgIpc) is 2.34. The highest BCUT2D eigenvalue weighted by molar-refractivity contribution is 5.94. The van der Waals surface area contributed by atoms with Gasteiger partial charge < -0.3 is 10.1 Å². The number of terminal acetylenes is 1. The maximum absolute atomic E-state index is 11.6. The van der Waals surface area contributed by atoms with Crippen LogP contribution in [0.5, 0.6) is 0 Å². The Morgan fingerprint density at radius 2 is 2.12 bits per heavy atom. The van der Waals surface area contributed by atoms with Gasteiger partial charge in [0.15, 0.2) is 0 Å². The fourth-order valence-corrected chi connectivity index (χ4v) is 1.24. The van der Waals surface area contributed by atoms with Gasteiger partial charge in [0.25, 0.3) is 5.91 Å². The van der Waals surface area contributed by atoms with E-state index in [1.54, 1.807) is 31.4 Å². The SMILES string of the molecule is C#Cc1ccc(C(=O)NCCCOC)cc1. The van der Waals surface area contributed by atoms with E-state index in [0.717, 1.165) is 12.0 Å². The number of ether oxygens (including phenoxy) is 1. The summed E-state index contributed by atoms with van der Waals surface area (Å²) in [5, 5.41) is 2.80. The van der Waals surface area contributed by atoms with Crippen molar-refractivity contribution >= 4 is 5.91 Å². The highest BCUT2D eigenvalue weighted by Gasteiger charge is 2.03. The molecule has 0 bridgehead atoms. The fourth-order valence-electron chi connectivity index (χ4n) is 1.24. The van der Waals surface area contributed by atoms with Crippen LogP contribution in [-0.4, -0.2) is 26.2 Å². The van der Waals surface area contributed by atoms with Gasteiger partial charge in [0.05, 0.1) is 0 Å². The molecule has 1 rings (SSSR count). The molecular formula is C13H15NO2. The molecule has 1 N–H and O–H groups in total. The van der Waals surface area contributed by atoms with Crippen LogP contribution in [0.1, 0.15) is 22.3 Å². The molecule has 0 heterocycles.